The number of imidazole rings is 1. The Morgan fingerprint density at radius 3 is 2.67 bits per heavy atom. The molecule has 1 aromatic heterocycles. The maximum Gasteiger partial charge on any atom is 0.328 e. The lowest BCUT2D eigenvalue weighted by molar-refractivity contribution is 0.455. The fraction of sp³-hybridized carbons (Fsp3) is 0.0714. The number of H-pyrrole nitrogens is 1. The van der Waals surface area contributed by atoms with E-state index in [0.29, 0.717) is 6.54 Å². The van der Waals surface area contributed by atoms with E-state index < -0.39 is 0 Å². The van der Waals surface area contributed by atoms with Gasteiger partial charge in [0.2, 0.25) is 5.88 Å². The summed E-state index contributed by atoms with van der Waals surface area (Å²) < 4.78 is 1.46. The molecule has 4 nitrogen and oxygen atoms in total. The summed E-state index contributed by atoms with van der Waals surface area (Å²) in [4.78, 5) is 13.9. The minimum absolute atomic E-state index is 0.111. The largest absolute Gasteiger partial charge is 0.493 e. The summed E-state index contributed by atoms with van der Waals surface area (Å²) in [7, 11) is 0. The van der Waals surface area contributed by atoms with Gasteiger partial charge in [-0.15, -0.1) is 0 Å². The fourth-order valence-electron chi connectivity index (χ4n) is 2.15. The molecule has 18 heavy (non-hydrogen) atoms. The van der Waals surface area contributed by atoms with Crippen molar-refractivity contribution >= 4 is 10.8 Å². The third kappa shape index (κ3) is 1.78. The van der Waals surface area contributed by atoms with Gasteiger partial charge in [0, 0.05) is 0 Å². The van der Waals surface area contributed by atoms with Crippen LogP contribution in [0.3, 0.4) is 0 Å². The molecule has 0 unspecified atom stereocenters. The van der Waals surface area contributed by atoms with Gasteiger partial charge in [0.1, 0.15) is 0 Å². The predicted octanol–water partition coefficient (Wildman–Crippen LogP) is 2.08. The van der Waals surface area contributed by atoms with Crippen molar-refractivity contribution < 1.29 is 5.11 Å². The van der Waals surface area contributed by atoms with Crippen molar-refractivity contribution in [3.8, 4) is 5.88 Å². The molecule has 0 amide bonds. The highest BCUT2D eigenvalue weighted by Crippen LogP contribution is 2.19. The summed E-state index contributed by atoms with van der Waals surface area (Å²) in [5.41, 5.74) is 0.745. The van der Waals surface area contributed by atoms with E-state index in [4.69, 9.17) is 0 Å². The number of hydrogen-bond acceptors (Lipinski definition) is 2. The van der Waals surface area contributed by atoms with Gasteiger partial charge >= 0.3 is 5.69 Å². The second kappa shape index (κ2) is 4.07. The van der Waals surface area contributed by atoms with Crippen molar-refractivity contribution in [1.82, 2.24) is 9.55 Å². The zero-order chi connectivity index (χ0) is 12.5. The molecule has 4 heteroatoms. The molecule has 90 valence electrons. The van der Waals surface area contributed by atoms with Crippen LogP contribution in [0.4, 0.5) is 0 Å². The quantitative estimate of drug-likeness (QED) is 0.720. The van der Waals surface area contributed by atoms with Crippen LogP contribution in [0.2, 0.25) is 0 Å². The number of nitrogens with zero attached hydrogens (tertiary/aromatic N) is 1. The molecule has 0 aliphatic carbocycles. The molecular formula is C14H12N2O2. The van der Waals surface area contributed by atoms with E-state index in [9.17, 15) is 9.90 Å². The highest BCUT2D eigenvalue weighted by molar-refractivity contribution is 5.85. The molecular weight excluding hydrogens is 228 g/mol. The molecule has 2 N–H and O–H groups in total. The van der Waals surface area contributed by atoms with Crippen molar-refractivity contribution in [1.29, 1.82) is 0 Å². The smallest absolute Gasteiger partial charge is 0.328 e. The Balaban J connectivity index is 2.10. The van der Waals surface area contributed by atoms with Crippen LogP contribution in [0.1, 0.15) is 5.56 Å². The Bertz CT molecular complexity index is 750. The van der Waals surface area contributed by atoms with Gasteiger partial charge in [-0.3, -0.25) is 9.55 Å². The van der Waals surface area contributed by atoms with Gasteiger partial charge in [-0.1, -0.05) is 42.5 Å². The van der Waals surface area contributed by atoms with E-state index in [1.807, 2.05) is 42.5 Å². The predicted molar refractivity (Wildman–Crippen MR) is 69.8 cm³/mol. The average molecular weight is 240 g/mol. The molecule has 0 spiro atoms. The molecule has 2 aromatic carbocycles. The number of nitrogens with one attached hydrogen (secondary N) is 1. The average Bonchev–Trinajstić information content (AvgIpc) is 2.68. The Hall–Kier alpha value is -2.49. The lowest BCUT2D eigenvalue weighted by Gasteiger charge is -2.06. The summed E-state index contributed by atoms with van der Waals surface area (Å²) >= 11 is 0. The van der Waals surface area contributed by atoms with Crippen LogP contribution in [-0.2, 0) is 6.54 Å². The van der Waals surface area contributed by atoms with Crippen molar-refractivity contribution in [2.45, 2.75) is 6.54 Å². The lowest BCUT2D eigenvalue weighted by Crippen LogP contribution is -2.16. The van der Waals surface area contributed by atoms with Crippen LogP contribution in [0.25, 0.3) is 10.8 Å². The Morgan fingerprint density at radius 1 is 1.11 bits per heavy atom. The zero-order valence-corrected chi connectivity index (χ0v) is 9.63. The Kier molecular flexibility index (Phi) is 2.41. The number of benzene rings is 2. The van der Waals surface area contributed by atoms with E-state index in [-0.39, 0.29) is 11.6 Å². The van der Waals surface area contributed by atoms with Crippen LogP contribution in [0, 0.1) is 0 Å². The van der Waals surface area contributed by atoms with Crippen LogP contribution in [-0.4, -0.2) is 14.7 Å². The summed E-state index contributed by atoms with van der Waals surface area (Å²) in [6.07, 6.45) is 1.41. The summed E-state index contributed by atoms with van der Waals surface area (Å²) in [6, 6.07) is 14.0. The topological polar surface area (TPSA) is 58.0 Å². The van der Waals surface area contributed by atoms with Gasteiger partial charge in [0.15, 0.2) is 0 Å². The number of fused-ring (bicyclic) bond motifs is 1. The van der Waals surface area contributed by atoms with Gasteiger partial charge in [-0.05, 0) is 16.3 Å². The normalized spacial score (nSPS) is 10.9. The fourth-order valence-corrected chi connectivity index (χ4v) is 2.15. The number of hydrogen-bond donors (Lipinski definition) is 2. The number of aromatic amines is 1. The molecule has 3 aromatic rings. The molecule has 0 saturated heterocycles. The first-order valence-corrected chi connectivity index (χ1v) is 5.69. The van der Waals surface area contributed by atoms with Gasteiger partial charge in [0.05, 0.1) is 12.7 Å². The second-order valence-electron chi connectivity index (χ2n) is 4.21. The van der Waals surface area contributed by atoms with E-state index in [0.717, 1.165) is 16.3 Å². The summed E-state index contributed by atoms with van der Waals surface area (Å²) in [6.45, 7) is 0.442. The number of aromatic hydroxyl groups is 1. The monoisotopic (exact) mass is 240 g/mol. The van der Waals surface area contributed by atoms with E-state index in [2.05, 4.69) is 4.98 Å². The van der Waals surface area contributed by atoms with Crippen molar-refractivity contribution in [2.24, 2.45) is 0 Å². The zero-order valence-electron chi connectivity index (χ0n) is 9.63. The van der Waals surface area contributed by atoms with Crippen LogP contribution < -0.4 is 5.69 Å². The first-order valence-electron chi connectivity index (χ1n) is 5.69. The van der Waals surface area contributed by atoms with E-state index in [1.165, 1.54) is 10.8 Å². The minimum Gasteiger partial charge on any atom is -0.493 e. The van der Waals surface area contributed by atoms with E-state index >= 15 is 0 Å². The SMILES string of the molecule is O=c1[nH]c(O)cn1Cc1cccc2ccccc12. The summed E-state index contributed by atoms with van der Waals surface area (Å²) in [5.74, 6) is -0.111. The minimum atomic E-state index is -0.305. The van der Waals surface area contributed by atoms with Crippen LogP contribution in [0.5, 0.6) is 5.88 Å². The van der Waals surface area contributed by atoms with Crippen molar-refractivity contribution in [3.63, 3.8) is 0 Å². The highest BCUT2D eigenvalue weighted by atomic mass is 16.3. The van der Waals surface area contributed by atoms with Gasteiger partial charge in [-0.25, -0.2) is 4.79 Å². The van der Waals surface area contributed by atoms with Crippen LogP contribution >= 0.6 is 0 Å². The number of rotatable bonds is 2. The van der Waals surface area contributed by atoms with Gasteiger partial charge < -0.3 is 5.11 Å². The Morgan fingerprint density at radius 2 is 1.89 bits per heavy atom. The molecule has 3 rings (SSSR count). The highest BCUT2D eigenvalue weighted by Gasteiger charge is 2.05. The first kappa shape index (κ1) is 10.7. The molecule has 1 heterocycles. The third-order valence-electron chi connectivity index (χ3n) is 2.99. The molecule has 0 saturated carbocycles. The molecule has 0 aliphatic heterocycles. The van der Waals surface area contributed by atoms with Gasteiger partial charge in [-0.2, -0.15) is 0 Å². The Labute approximate surface area is 103 Å². The van der Waals surface area contributed by atoms with E-state index in [1.54, 1.807) is 0 Å². The maximum atomic E-state index is 11.5. The van der Waals surface area contributed by atoms with Crippen LogP contribution in [0.15, 0.2) is 53.5 Å². The lowest BCUT2D eigenvalue weighted by atomic mass is 10.0. The van der Waals surface area contributed by atoms with Gasteiger partial charge in [0.25, 0.3) is 0 Å². The third-order valence-corrected chi connectivity index (χ3v) is 2.99. The first-order chi connectivity index (χ1) is 8.74. The summed E-state index contributed by atoms with van der Waals surface area (Å²) in [5, 5.41) is 11.5. The standard InChI is InChI=1S/C14H12N2O2/c17-13-9-16(14(18)15-13)8-11-6-3-5-10-4-1-2-7-12(10)11/h1-7,9,17H,8H2,(H,15,18). The van der Waals surface area contributed by atoms with Crippen molar-refractivity contribution in [3.05, 3.63) is 64.7 Å². The molecule has 0 aliphatic rings. The molecule has 0 radical (unpaired) electrons. The molecule has 0 bridgehead atoms. The molecule has 0 atom stereocenters. The second-order valence-corrected chi connectivity index (χ2v) is 4.21. The molecule has 0 fully saturated rings. The van der Waals surface area contributed by atoms with Crippen molar-refractivity contribution in [2.75, 3.05) is 0 Å². The number of aromatic nitrogens is 2. The maximum absolute atomic E-state index is 11.5.